The molecule has 2 saturated heterocycles. The number of fused-ring (bicyclic) bond motifs is 4. The summed E-state index contributed by atoms with van der Waals surface area (Å²) in [6.07, 6.45) is 11.4. The Balaban J connectivity index is 0.000000180. The number of piperidine rings is 2. The van der Waals surface area contributed by atoms with Gasteiger partial charge in [-0.3, -0.25) is 28.5 Å². The molecule has 2 amide bonds. The Bertz CT molecular complexity index is 3180. The molecule has 0 N–H and O–H groups in total. The first-order valence-electron chi connectivity index (χ1n) is 24.9. The van der Waals surface area contributed by atoms with Crippen LogP contribution in [0.3, 0.4) is 0 Å². The molecule has 14 heteroatoms. The van der Waals surface area contributed by atoms with E-state index in [1.165, 1.54) is 61.9 Å². The van der Waals surface area contributed by atoms with E-state index in [2.05, 4.69) is 30.3 Å². The van der Waals surface area contributed by atoms with Crippen LogP contribution < -0.4 is 0 Å². The van der Waals surface area contributed by atoms with Gasteiger partial charge in [0.15, 0.2) is 5.12 Å². The number of carbonyl (C=O) groups is 3. The van der Waals surface area contributed by atoms with Crippen LogP contribution in [0.25, 0.3) is 11.1 Å². The highest BCUT2D eigenvalue weighted by Crippen LogP contribution is 2.41. The Kier molecular flexibility index (Phi) is 16.8. The summed E-state index contributed by atoms with van der Waals surface area (Å²) < 4.78 is 28.4. The minimum Gasteiger partial charge on any atom is -0.342 e. The standard InChI is InChI=1S/C30H29ClN2O2S.C29H29ClN2O4S/c1-20(34)36-19-27(21-6-3-2-4-7-21)30(35)33-16-13-22(14-17-33)28-26-12-11-25(31)18-24(26)10-9-23-8-5-15-32-29(23)28;1-37(34,35)36-19-26(20-6-3-2-4-7-20)29(33)32-16-13-21(14-17-32)27-25-12-11-24(30)18-23(25)10-9-22-8-5-15-31-28(22)27/h2-8,11-12,15,18,27H,9-10,13-14,16-17,19H2,1H3;2-8,11-12,15,18,26H,9-10,13-14,16-17,19H2,1H3. The number of nitrogens with zero attached hydrogens (tertiary/aromatic N) is 4. The van der Waals surface area contributed by atoms with Gasteiger partial charge in [-0.05, 0) is 132 Å². The maximum atomic E-state index is 13.6. The highest BCUT2D eigenvalue weighted by molar-refractivity contribution is 8.13. The lowest BCUT2D eigenvalue weighted by Crippen LogP contribution is -2.41. The van der Waals surface area contributed by atoms with E-state index >= 15 is 0 Å². The van der Waals surface area contributed by atoms with Crippen molar-refractivity contribution in [3.8, 4) is 0 Å². The van der Waals surface area contributed by atoms with Gasteiger partial charge in [0, 0.05) is 72.4 Å². The Morgan fingerprint density at radius 2 is 1.00 bits per heavy atom. The fraction of sp³-hybridized carbons (Fsp3) is 0.305. The van der Waals surface area contributed by atoms with Crippen molar-refractivity contribution in [1.29, 1.82) is 0 Å². The largest absolute Gasteiger partial charge is 0.342 e. The molecule has 2 aromatic heterocycles. The van der Waals surface area contributed by atoms with Crippen molar-refractivity contribution in [2.24, 2.45) is 0 Å². The number of pyridine rings is 2. The molecule has 2 aliphatic carbocycles. The van der Waals surface area contributed by atoms with E-state index in [-0.39, 0.29) is 29.5 Å². The van der Waals surface area contributed by atoms with Crippen LogP contribution in [0.15, 0.2) is 145 Å². The van der Waals surface area contributed by atoms with Gasteiger partial charge in [0.05, 0.1) is 36.1 Å². The van der Waals surface area contributed by atoms with E-state index in [1.54, 1.807) is 6.92 Å². The summed E-state index contributed by atoms with van der Waals surface area (Å²) in [5.41, 5.74) is 16.1. The predicted octanol–water partition coefficient (Wildman–Crippen LogP) is 11.3. The number of amides is 2. The predicted molar refractivity (Wildman–Crippen MR) is 292 cm³/mol. The van der Waals surface area contributed by atoms with Crippen molar-refractivity contribution < 1.29 is 27.0 Å². The summed E-state index contributed by atoms with van der Waals surface area (Å²) in [4.78, 5) is 52.3. The molecular formula is C59H58Cl2N4O6S2. The molecule has 0 bridgehead atoms. The first-order valence-corrected chi connectivity index (χ1v) is 28.4. The van der Waals surface area contributed by atoms with Crippen molar-refractivity contribution in [3.05, 3.63) is 211 Å². The fourth-order valence-corrected chi connectivity index (χ4v) is 12.1. The van der Waals surface area contributed by atoms with E-state index in [0.717, 1.165) is 82.9 Å². The highest BCUT2D eigenvalue weighted by atomic mass is 35.5. The topological polar surface area (TPSA) is 127 Å². The molecule has 10 nitrogen and oxygen atoms in total. The van der Waals surface area contributed by atoms with Crippen LogP contribution in [0.5, 0.6) is 0 Å². The number of likely N-dealkylation sites (tertiary alicyclic amines) is 2. The van der Waals surface area contributed by atoms with Crippen molar-refractivity contribution in [3.63, 3.8) is 0 Å². The van der Waals surface area contributed by atoms with Gasteiger partial charge in [-0.2, -0.15) is 8.42 Å². The number of aryl methyl sites for hydroxylation is 4. The van der Waals surface area contributed by atoms with Crippen LogP contribution >= 0.6 is 35.0 Å². The van der Waals surface area contributed by atoms with E-state index in [4.69, 9.17) is 37.4 Å². The van der Waals surface area contributed by atoms with Crippen molar-refractivity contribution in [1.82, 2.24) is 19.8 Å². The minimum atomic E-state index is -3.67. The van der Waals surface area contributed by atoms with E-state index < -0.39 is 16.0 Å². The van der Waals surface area contributed by atoms with E-state index in [9.17, 15) is 22.8 Å². The first kappa shape index (κ1) is 52.0. The molecule has 73 heavy (non-hydrogen) atoms. The smallest absolute Gasteiger partial charge is 0.264 e. The second kappa shape index (κ2) is 23.5. The molecule has 4 heterocycles. The van der Waals surface area contributed by atoms with Gasteiger partial charge < -0.3 is 9.80 Å². The molecule has 2 aliphatic heterocycles. The van der Waals surface area contributed by atoms with E-state index in [0.29, 0.717) is 44.8 Å². The molecule has 4 aromatic carbocycles. The van der Waals surface area contributed by atoms with Gasteiger partial charge in [-0.25, -0.2) is 0 Å². The van der Waals surface area contributed by atoms with Gasteiger partial charge in [0.1, 0.15) is 0 Å². The maximum absolute atomic E-state index is 13.6. The second-order valence-corrected chi connectivity index (χ2v) is 22.7. The Morgan fingerprint density at radius 1 is 0.575 bits per heavy atom. The van der Waals surface area contributed by atoms with Crippen molar-refractivity contribution in [2.75, 3.05) is 44.8 Å². The summed E-state index contributed by atoms with van der Waals surface area (Å²) in [5.74, 6) is -0.560. The molecule has 6 aromatic rings. The molecule has 0 radical (unpaired) electrons. The monoisotopic (exact) mass is 1050 g/mol. The molecule has 0 saturated carbocycles. The molecule has 10 rings (SSSR count). The lowest BCUT2D eigenvalue weighted by molar-refractivity contribution is -0.134. The number of aromatic nitrogens is 2. The van der Waals surface area contributed by atoms with Crippen LogP contribution in [0, 0.1) is 0 Å². The molecule has 0 spiro atoms. The molecule has 2 unspecified atom stereocenters. The normalized spacial score (nSPS) is 16.3. The quantitative estimate of drug-likeness (QED) is 0.130. The highest BCUT2D eigenvalue weighted by Gasteiger charge is 2.33. The zero-order valence-electron chi connectivity index (χ0n) is 41.1. The molecular weight excluding hydrogens is 996 g/mol. The zero-order chi connectivity index (χ0) is 51.1. The number of thioether (sulfide) groups is 1. The van der Waals surface area contributed by atoms with Gasteiger partial charge in [-0.15, -0.1) is 0 Å². The molecule has 4 aliphatic rings. The van der Waals surface area contributed by atoms with Gasteiger partial charge in [0.2, 0.25) is 11.8 Å². The van der Waals surface area contributed by atoms with Gasteiger partial charge in [0.25, 0.3) is 10.1 Å². The third kappa shape index (κ3) is 12.6. The Hall–Kier alpha value is -5.89. The van der Waals surface area contributed by atoms with Crippen LogP contribution in [-0.4, -0.2) is 89.9 Å². The third-order valence-electron chi connectivity index (χ3n) is 14.2. The number of halogens is 2. The average molecular weight is 1050 g/mol. The van der Waals surface area contributed by atoms with Crippen LogP contribution in [0.2, 0.25) is 10.0 Å². The number of carbonyl (C=O) groups excluding carboxylic acids is 3. The summed E-state index contributed by atoms with van der Waals surface area (Å²) in [6, 6.07) is 39.6. The SMILES string of the molecule is CC(=O)SCC(C(=O)N1CCC(=C2c3ccc(Cl)cc3CCc3cccnc32)CC1)c1ccccc1.CS(=O)(=O)OCC(C(=O)N1CCC(=C2c3ccc(Cl)cc3CCc3cccnc32)CC1)c1ccccc1. The number of rotatable bonds is 9. The minimum absolute atomic E-state index is 0.0349. The Morgan fingerprint density at radius 3 is 1.44 bits per heavy atom. The van der Waals surface area contributed by atoms with E-state index in [1.807, 2.05) is 113 Å². The van der Waals surface area contributed by atoms with Crippen molar-refractivity contribution in [2.45, 2.75) is 70.1 Å². The molecule has 2 atom stereocenters. The van der Waals surface area contributed by atoms with Crippen LogP contribution in [0.4, 0.5) is 0 Å². The second-order valence-electron chi connectivity index (χ2n) is 19.0. The lowest BCUT2D eigenvalue weighted by atomic mass is 9.88. The maximum Gasteiger partial charge on any atom is 0.264 e. The number of hydrogen-bond donors (Lipinski definition) is 0. The number of benzene rings is 4. The molecule has 2 fully saturated rings. The van der Waals surface area contributed by atoms with Gasteiger partial charge >= 0.3 is 0 Å². The third-order valence-corrected chi connectivity index (χ3v) is 16.2. The summed E-state index contributed by atoms with van der Waals surface area (Å²) in [6.45, 7) is 3.77. The van der Waals surface area contributed by atoms with Crippen molar-refractivity contribution >= 4 is 73.2 Å². The summed E-state index contributed by atoms with van der Waals surface area (Å²) in [5, 5.41) is 1.52. The summed E-state index contributed by atoms with van der Waals surface area (Å²) in [7, 11) is -3.67. The van der Waals surface area contributed by atoms with Crippen LogP contribution in [-0.2, 0) is 54.4 Å². The number of hydrogen-bond acceptors (Lipinski definition) is 9. The van der Waals surface area contributed by atoms with Crippen LogP contribution in [0.1, 0.15) is 100 Å². The zero-order valence-corrected chi connectivity index (χ0v) is 44.2. The molecule has 376 valence electrons. The first-order chi connectivity index (χ1) is 35.3. The summed E-state index contributed by atoms with van der Waals surface area (Å²) >= 11 is 13.9. The average Bonchev–Trinajstić information content (AvgIpc) is 3.67. The fourth-order valence-electron chi connectivity index (χ4n) is 10.6. The van der Waals surface area contributed by atoms with Gasteiger partial charge in [-0.1, -0.05) is 131 Å². The Labute approximate surface area is 443 Å². The lowest BCUT2D eigenvalue weighted by Gasteiger charge is -2.33.